The largest absolute Gasteiger partial charge is 0.370 e. The number of rotatable bonds is 7. The lowest BCUT2D eigenvalue weighted by molar-refractivity contribution is -0.119. The summed E-state index contributed by atoms with van der Waals surface area (Å²) in [7, 11) is 3.50. The van der Waals surface area contributed by atoms with Crippen molar-refractivity contribution >= 4 is 17.5 Å². The highest BCUT2D eigenvalue weighted by molar-refractivity contribution is 5.81. The van der Waals surface area contributed by atoms with Crippen molar-refractivity contribution in [2.75, 3.05) is 37.4 Å². The molecular weight excluding hydrogens is 242 g/mol. The molecule has 2 N–H and O–H groups in total. The van der Waals surface area contributed by atoms with Gasteiger partial charge >= 0.3 is 0 Å². The first-order valence-electron chi connectivity index (χ1n) is 6.63. The number of nitrogens with one attached hydrogen (secondary N) is 2. The number of carbonyl (C=O) groups excluding carboxylic acids is 1. The van der Waals surface area contributed by atoms with Crippen LogP contribution in [-0.4, -0.2) is 43.1 Å². The first-order valence-corrected chi connectivity index (χ1v) is 6.63. The van der Waals surface area contributed by atoms with E-state index in [1.165, 1.54) is 6.33 Å². The third-order valence-electron chi connectivity index (χ3n) is 2.79. The minimum Gasteiger partial charge on any atom is -0.370 e. The van der Waals surface area contributed by atoms with Gasteiger partial charge in [0.25, 0.3) is 0 Å². The van der Waals surface area contributed by atoms with Crippen molar-refractivity contribution in [3.63, 3.8) is 0 Å². The molecule has 0 atom stereocenters. The van der Waals surface area contributed by atoms with Gasteiger partial charge in [0, 0.05) is 26.2 Å². The highest BCUT2D eigenvalue weighted by atomic mass is 16.1. The van der Waals surface area contributed by atoms with Gasteiger partial charge in [-0.25, -0.2) is 9.97 Å². The van der Waals surface area contributed by atoms with Crippen LogP contribution in [0, 0.1) is 0 Å². The van der Waals surface area contributed by atoms with Gasteiger partial charge in [-0.1, -0.05) is 13.3 Å². The van der Waals surface area contributed by atoms with Gasteiger partial charge in [-0.15, -0.1) is 0 Å². The zero-order valence-electron chi connectivity index (χ0n) is 12.2. The zero-order valence-corrected chi connectivity index (χ0v) is 12.2. The molecule has 0 aliphatic carbocycles. The predicted octanol–water partition coefficient (Wildman–Crippen LogP) is 1.04. The molecule has 0 bridgehead atoms. The van der Waals surface area contributed by atoms with Gasteiger partial charge in [-0.3, -0.25) is 4.79 Å². The molecular formula is C13H23N5O. The van der Waals surface area contributed by atoms with Crippen molar-refractivity contribution in [3.8, 4) is 0 Å². The molecule has 0 unspecified atom stereocenters. The smallest absolute Gasteiger partial charge is 0.239 e. The fourth-order valence-corrected chi connectivity index (χ4v) is 1.90. The van der Waals surface area contributed by atoms with Crippen LogP contribution in [0.25, 0.3) is 0 Å². The lowest BCUT2D eigenvalue weighted by Crippen LogP contribution is -2.34. The normalized spacial score (nSPS) is 10.1. The van der Waals surface area contributed by atoms with Crippen LogP contribution in [0.4, 0.5) is 11.6 Å². The average molecular weight is 265 g/mol. The molecule has 0 radical (unpaired) electrons. The summed E-state index contributed by atoms with van der Waals surface area (Å²) in [5.41, 5.74) is 1.07. The number of hydrogen-bond acceptors (Lipinski definition) is 5. The van der Waals surface area contributed by atoms with Crippen molar-refractivity contribution in [3.05, 3.63) is 11.9 Å². The highest BCUT2D eigenvalue weighted by Gasteiger charge is 2.15. The second-order valence-corrected chi connectivity index (χ2v) is 4.33. The molecule has 1 amide bonds. The lowest BCUT2D eigenvalue weighted by atomic mass is 10.1. The maximum Gasteiger partial charge on any atom is 0.239 e. The van der Waals surface area contributed by atoms with Gasteiger partial charge in [-0.05, 0) is 13.3 Å². The molecule has 1 aromatic rings. The molecule has 0 spiro atoms. The maximum atomic E-state index is 11.5. The van der Waals surface area contributed by atoms with Gasteiger partial charge < -0.3 is 15.5 Å². The van der Waals surface area contributed by atoms with E-state index in [1.807, 2.05) is 18.9 Å². The number of aromatic nitrogens is 2. The van der Waals surface area contributed by atoms with Crippen LogP contribution in [0.2, 0.25) is 0 Å². The van der Waals surface area contributed by atoms with E-state index >= 15 is 0 Å². The van der Waals surface area contributed by atoms with Gasteiger partial charge in [0.15, 0.2) is 0 Å². The molecule has 1 rings (SSSR count). The maximum absolute atomic E-state index is 11.5. The van der Waals surface area contributed by atoms with Gasteiger partial charge in [0.2, 0.25) is 5.91 Å². The molecule has 1 aromatic heterocycles. The summed E-state index contributed by atoms with van der Waals surface area (Å²) in [5, 5.41) is 5.86. The van der Waals surface area contributed by atoms with E-state index in [0.717, 1.165) is 36.6 Å². The van der Waals surface area contributed by atoms with E-state index in [4.69, 9.17) is 0 Å². The highest BCUT2D eigenvalue weighted by Crippen LogP contribution is 2.23. The van der Waals surface area contributed by atoms with Gasteiger partial charge in [-0.2, -0.15) is 0 Å². The Bertz CT molecular complexity index is 421. The zero-order chi connectivity index (χ0) is 14.3. The molecule has 6 nitrogen and oxygen atoms in total. The number of anilines is 2. The van der Waals surface area contributed by atoms with Crippen LogP contribution in [0.15, 0.2) is 6.33 Å². The average Bonchev–Trinajstić information content (AvgIpc) is 2.40. The summed E-state index contributed by atoms with van der Waals surface area (Å²) in [6, 6.07) is 0. The molecule has 0 saturated carbocycles. The Morgan fingerprint density at radius 3 is 2.68 bits per heavy atom. The summed E-state index contributed by atoms with van der Waals surface area (Å²) in [4.78, 5) is 21.9. The van der Waals surface area contributed by atoms with Crippen molar-refractivity contribution < 1.29 is 4.79 Å². The van der Waals surface area contributed by atoms with E-state index in [2.05, 4.69) is 27.5 Å². The Morgan fingerprint density at radius 2 is 2.11 bits per heavy atom. The van der Waals surface area contributed by atoms with Crippen molar-refractivity contribution in [1.29, 1.82) is 0 Å². The van der Waals surface area contributed by atoms with Crippen molar-refractivity contribution in [2.45, 2.75) is 26.7 Å². The second kappa shape index (κ2) is 7.56. The number of nitrogens with zero attached hydrogens (tertiary/aromatic N) is 3. The van der Waals surface area contributed by atoms with Gasteiger partial charge in [0.1, 0.15) is 18.0 Å². The Hall–Kier alpha value is -1.85. The minimum atomic E-state index is -0.0337. The molecule has 6 heteroatoms. The molecule has 0 aliphatic rings. The van der Waals surface area contributed by atoms with Crippen LogP contribution >= 0.6 is 0 Å². The molecule has 1 heterocycles. The summed E-state index contributed by atoms with van der Waals surface area (Å²) in [5.74, 6) is 1.64. The van der Waals surface area contributed by atoms with E-state index in [-0.39, 0.29) is 12.5 Å². The van der Waals surface area contributed by atoms with Crippen LogP contribution in [0.5, 0.6) is 0 Å². The van der Waals surface area contributed by atoms with Crippen LogP contribution in [-0.2, 0) is 11.2 Å². The van der Waals surface area contributed by atoms with E-state index in [9.17, 15) is 4.79 Å². The quantitative estimate of drug-likeness (QED) is 0.771. The summed E-state index contributed by atoms with van der Waals surface area (Å²) in [6.07, 6.45) is 3.43. The Kier molecular flexibility index (Phi) is 6.05. The first-order chi connectivity index (χ1) is 9.13. The van der Waals surface area contributed by atoms with E-state index in [1.54, 1.807) is 7.05 Å². The van der Waals surface area contributed by atoms with Crippen molar-refractivity contribution in [1.82, 2.24) is 15.3 Å². The summed E-state index contributed by atoms with van der Waals surface area (Å²) < 4.78 is 0. The summed E-state index contributed by atoms with van der Waals surface area (Å²) in [6.45, 7) is 5.25. The number of carbonyl (C=O) groups is 1. The Labute approximate surface area is 114 Å². The standard InChI is InChI=1S/C13H23N5O/c1-5-7-10-12(15-6-2)16-9-17-13(10)18(4)8-11(19)14-3/h9H,5-8H2,1-4H3,(H,14,19)(H,15,16,17). The third kappa shape index (κ3) is 4.08. The van der Waals surface area contributed by atoms with E-state index in [0.29, 0.717) is 0 Å². The fraction of sp³-hybridized carbons (Fsp3) is 0.615. The molecule has 106 valence electrons. The fourth-order valence-electron chi connectivity index (χ4n) is 1.90. The second-order valence-electron chi connectivity index (χ2n) is 4.33. The molecule has 0 aromatic carbocycles. The van der Waals surface area contributed by atoms with Gasteiger partial charge in [0.05, 0.1) is 6.54 Å². The molecule has 0 fully saturated rings. The predicted molar refractivity (Wildman–Crippen MR) is 77.5 cm³/mol. The van der Waals surface area contributed by atoms with Crippen LogP contribution < -0.4 is 15.5 Å². The number of hydrogen-bond donors (Lipinski definition) is 2. The first kappa shape index (κ1) is 15.2. The SMILES string of the molecule is CCCc1c(NCC)ncnc1N(C)CC(=O)NC. The third-order valence-corrected chi connectivity index (χ3v) is 2.79. The Balaban J connectivity index is 3.03. The number of amides is 1. The Morgan fingerprint density at radius 1 is 1.37 bits per heavy atom. The molecule has 0 aliphatic heterocycles. The molecule has 19 heavy (non-hydrogen) atoms. The van der Waals surface area contributed by atoms with E-state index < -0.39 is 0 Å². The molecule has 0 saturated heterocycles. The summed E-state index contributed by atoms with van der Waals surface area (Å²) >= 11 is 0. The lowest BCUT2D eigenvalue weighted by Gasteiger charge is -2.21. The van der Waals surface area contributed by atoms with Crippen LogP contribution in [0.3, 0.4) is 0 Å². The topological polar surface area (TPSA) is 70.2 Å². The number of likely N-dealkylation sites (N-methyl/N-ethyl adjacent to an activating group) is 2. The minimum absolute atomic E-state index is 0.0337. The van der Waals surface area contributed by atoms with Crippen LogP contribution in [0.1, 0.15) is 25.8 Å². The van der Waals surface area contributed by atoms with Crippen molar-refractivity contribution in [2.24, 2.45) is 0 Å². The monoisotopic (exact) mass is 265 g/mol.